The number of benzene rings is 1. The SMILES string of the molecule is Clc1ccc(Br)cc1Oc1ccn2nccc2n1. The third-order valence-electron chi connectivity index (χ3n) is 2.34. The third kappa shape index (κ3) is 2.19. The molecule has 4 nitrogen and oxygen atoms in total. The van der Waals surface area contributed by atoms with E-state index in [0.717, 1.165) is 10.1 Å². The number of rotatable bonds is 2. The highest BCUT2D eigenvalue weighted by atomic mass is 79.9. The molecular formula is C12H7BrClN3O. The van der Waals surface area contributed by atoms with E-state index in [9.17, 15) is 0 Å². The molecular weight excluding hydrogens is 318 g/mol. The molecule has 0 saturated heterocycles. The summed E-state index contributed by atoms with van der Waals surface area (Å²) < 4.78 is 8.21. The van der Waals surface area contributed by atoms with E-state index in [4.69, 9.17) is 16.3 Å². The van der Waals surface area contributed by atoms with Crippen LogP contribution in [0.25, 0.3) is 5.65 Å². The predicted molar refractivity (Wildman–Crippen MR) is 72.2 cm³/mol. The van der Waals surface area contributed by atoms with E-state index in [0.29, 0.717) is 16.7 Å². The van der Waals surface area contributed by atoms with Gasteiger partial charge in [0.15, 0.2) is 5.65 Å². The molecule has 0 aliphatic heterocycles. The Hall–Kier alpha value is -1.59. The molecule has 3 rings (SSSR count). The van der Waals surface area contributed by atoms with Crippen LogP contribution in [0.1, 0.15) is 0 Å². The Labute approximate surface area is 116 Å². The Morgan fingerprint density at radius 3 is 3.00 bits per heavy atom. The average molecular weight is 325 g/mol. The second-order valence-corrected chi connectivity index (χ2v) is 4.90. The van der Waals surface area contributed by atoms with E-state index in [2.05, 4.69) is 26.0 Å². The first-order chi connectivity index (χ1) is 8.72. The van der Waals surface area contributed by atoms with E-state index in [-0.39, 0.29) is 0 Å². The maximum Gasteiger partial charge on any atom is 0.222 e. The van der Waals surface area contributed by atoms with Gasteiger partial charge in [0.2, 0.25) is 5.88 Å². The van der Waals surface area contributed by atoms with Crippen molar-refractivity contribution in [3.8, 4) is 11.6 Å². The Balaban J connectivity index is 1.97. The maximum absolute atomic E-state index is 6.05. The molecule has 3 aromatic rings. The van der Waals surface area contributed by atoms with Gasteiger partial charge in [-0.2, -0.15) is 10.1 Å². The molecule has 0 aliphatic rings. The Morgan fingerprint density at radius 2 is 2.11 bits per heavy atom. The van der Waals surface area contributed by atoms with Crippen molar-refractivity contribution in [1.82, 2.24) is 14.6 Å². The monoisotopic (exact) mass is 323 g/mol. The predicted octanol–water partition coefficient (Wildman–Crippen LogP) is 3.94. The summed E-state index contributed by atoms with van der Waals surface area (Å²) in [6.07, 6.45) is 3.46. The lowest BCUT2D eigenvalue weighted by Crippen LogP contribution is -1.93. The van der Waals surface area contributed by atoms with Gasteiger partial charge in [-0.3, -0.25) is 0 Å². The van der Waals surface area contributed by atoms with Gasteiger partial charge < -0.3 is 4.74 Å². The molecule has 0 aliphatic carbocycles. The molecule has 0 fully saturated rings. The van der Waals surface area contributed by atoms with Gasteiger partial charge in [-0.05, 0) is 18.2 Å². The minimum Gasteiger partial charge on any atom is -0.437 e. The molecule has 18 heavy (non-hydrogen) atoms. The molecule has 1 aromatic carbocycles. The smallest absolute Gasteiger partial charge is 0.222 e. The van der Waals surface area contributed by atoms with E-state index in [1.807, 2.05) is 6.07 Å². The van der Waals surface area contributed by atoms with Gasteiger partial charge in [-0.15, -0.1) is 0 Å². The van der Waals surface area contributed by atoms with Crippen molar-refractivity contribution < 1.29 is 4.74 Å². The highest BCUT2D eigenvalue weighted by Crippen LogP contribution is 2.31. The van der Waals surface area contributed by atoms with E-state index in [1.165, 1.54) is 0 Å². The molecule has 6 heteroatoms. The van der Waals surface area contributed by atoms with Crippen molar-refractivity contribution in [2.24, 2.45) is 0 Å². The number of aromatic nitrogens is 3. The normalized spacial score (nSPS) is 10.8. The molecule has 0 radical (unpaired) electrons. The van der Waals surface area contributed by atoms with Crippen LogP contribution in [0.4, 0.5) is 0 Å². The molecule has 0 saturated carbocycles. The topological polar surface area (TPSA) is 39.4 Å². The molecule has 0 N–H and O–H groups in total. The van der Waals surface area contributed by atoms with Gasteiger partial charge in [0, 0.05) is 22.8 Å². The zero-order chi connectivity index (χ0) is 12.5. The molecule has 90 valence electrons. The molecule has 0 amide bonds. The first-order valence-corrected chi connectivity index (χ1v) is 6.33. The van der Waals surface area contributed by atoms with Crippen LogP contribution in [0.2, 0.25) is 5.02 Å². The third-order valence-corrected chi connectivity index (χ3v) is 3.15. The molecule has 2 aromatic heterocycles. The van der Waals surface area contributed by atoms with Crippen molar-refractivity contribution in [2.45, 2.75) is 0 Å². The van der Waals surface area contributed by atoms with Gasteiger partial charge in [0.25, 0.3) is 0 Å². The van der Waals surface area contributed by atoms with Crippen LogP contribution in [0.3, 0.4) is 0 Å². The van der Waals surface area contributed by atoms with Crippen molar-refractivity contribution in [3.63, 3.8) is 0 Å². The summed E-state index contributed by atoms with van der Waals surface area (Å²) in [6.45, 7) is 0. The zero-order valence-corrected chi connectivity index (χ0v) is 11.4. The number of halogens is 2. The lowest BCUT2D eigenvalue weighted by atomic mass is 10.3. The largest absolute Gasteiger partial charge is 0.437 e. The average Bonchev–Trinajstić information content (AvgIpc) is 2.81. The molecule has 0 atom stereocenters. The van der Waals surface area contributed by atoms with Crippen molar-refractivity contribution >= 4 is 33.2 Å². The minimum atomic E-state index is 0.475. The van der Waals surface area contributed by atoms with Crippen LogP contribution in [-0.2, 0) is 0 Å². The summed E-state index contributed by atoms with van der Waals surface area (Å²) in [7, 11) is 0. The quantitative estimate of drug-likeness (QED) is 0.717. The van der Waals surface area contributed by atoms with Crippen LogP contribution in [-0.4, -0.2) is 14.6 Å². The first kappa shape index (κ1) is 11.5. The van der Waals surface area contributed by atoms with Gasteiger partial charge >= 0.3 is 0 Å². The maximum atomic E-state index is 6.05. The fourth-order valence-corrected chi connectivity index (χ4v) is 2.02. The van der Waals surface area contributed by atoms with Gasteiger partial charge in [-0.25, -0.2) is 4.52 Å². The Bertz CT molecular complexity index is 713. The number of hydrogen-bond acceptors (Lipinski definition) is 3. The van der Waals surface area contributed by atoms with Crippen molar-refractivity contribution in [1.29, 1.82) is 0 Å². The zero-order valence-electron chi connectivity index (χ0n) is 9.05. The lowest BCUT2D eigenvalue weighted by Gasteiger charge is -2.07. The lowest BCUT2D eigenvalue weighted by molar-refractivity contribution is 0.463. The fraction of sp³-hybridized carbons (Fsp3) is 0. The fourth-order valence-electron chi connectivity index (χ4n) is 1.52. The summed E-state index contributed by atoms with van der Waals surface area (Å²) in [5, 5.41) is 4.60. The van der Waals surface area contributed by atoms with Crippen molar-refractivity contribution in [3.05, 3.63) is 52.2 Å². The highest BCUT2D eigenvalue weighted by Gasteiger charge is 2.06. The Kier molecular flexibility index (Phi) is 2.93. The van der Waals surface area contributed by atoms with Crippen LogP contribution >= 0.6 is 27.5 Å². The molecule has 0 bridgehead atoms. The van der Waals surface area contributed by atoms with Crippen LogP contribution in [0.15, 0.2) is 47.2 Å². The number of fused-ring (bicyclic) bond motifs is 1. The summed E-state index contributed by atoms with van der Waals surface area (Å²) in [5.74, 6) is 1.03. The second-order valence-electron chi connectivity index (χ2n) is 3.58. The van der Waals surface area contributed by atoms with Crippen LogP contribution in [0.5, 0.6) is 11.6 Å². The summed E-state index contributed by atoms with van der Waals surface area (Å²) >= 11 is 9.42. The first-order valence-electron chi connectivity index (χ1n) is 5.16. The molecule has 0 spiro atoms. The molecule has 2 heterocycles. The van der Waals surface area contributed by atoms with E-state index in [1.54, 1.807) is 41.2 Å². The molecule has 0 unspecified atom stereocenters. The van der Waals surface area contributed by atoms with Crippen LogP contribution in [0, 0.1) is 0 Å². The van der Waals surface area contributed by atoms with E-state index < -0.39 is 0 Å². The number of ether oxygens (including phenoxy) is 1. The van der Waals surface area contributed by atoms with Crippen LogP contribution < -0.4 is 4.74 Å². The van der Waals surface area contributed by atoms with Gasteiger partial charge in [-0.1, -0.05) is 27.5 Å². The number of nitrogens with zero attached hydrogens (tertiary/aromatic N) is 3. The highest BCUT2D eigenvalue weighted by molar-refractivity contribution is 9.10. The Morgan fingerprint density at radius 1 is 1.22 bits per heavy atom. The second kappa shape index (κ2) is 4.59. The summed E-state index contributed by atoms with van der Waals surface area (Å²) in [5.41, 5.74) is 0.721. The minimum absolute atomic E-state index is 0.475. The van der Waals surface area contributed by atoms with Crippen molar-refractivity contribution in [2.75, 3.05) is 0 Å². The standard InChI is InChI=1S/C12H7BrClN3O/c13-8-1-2-9(14)10(7-8)18-12-4-6-17-11(16-12)3-5-15-17/h1-7H. The van der Waals surface area contributed by atoms with Gasteiger partial charge in [0.1, 0.15) is 5.75 Å². The summed E-state index contributed by atoms with van der Waals surface area (Å²) in [6, 6.07) is 8.94. The summed E-state index contributed by atoms with van der Waals surface area (Å²) in [4.78, 5) is 4.31. The van der Waals surface area contributed by atoms with Gasteiger partial charge in [0.05, 0.1) is 11.2 Å². The number of hydrogen-bond donors (Lipinski definition) is 0. The van der Waals surface area contributed by atoms with E-state index >= 15 is 0 Å².